The van der Waals surface area contributed by atoms with Crippen LogP contribution in [-0.4, -0.2) is 20.7 Å². The van der Waals surface area contributed by atoms with E-state index in [1.807, 2.05) is 22.9 Å². The Morgan fingerprint density at radius 3 is 2.80 bits per heavy atom. The van der Waals surface area contributed by atoms with E-state index in [4.69, 9.17) is 16.6 Å². The molecule has 1 aliphatic rings. The van der Waals surface area contributed by atoms with Gasteiger partial charge in [-0.25, -0.2) is 9.67 Å². The molecule has 1 aliphatic carbocycles. The van der Waals surface area contributed by atoms with Crippen molar-refractivity contribution < 1.29 is 4.79 Å². The van der Waals surface area contributed by atoms with E-state index in [0.29, 0.717) is 22.2 Å². The molecule has 0 unspecified atom stereocenters. The zero-order valence-corrected chi connectivity index (χ0v) is 14.9. The van der Waals surface area contributed by atoms with E-state index in [1.54, 1.807) is 18.3 Å². The van der Waals surface area contributed by atoms with E-state index in [-0.39, 0.29) is 11.9 Å². The lowest BCUT2D eigenvalue weighted by molar-refractivity contribution is 0.102. The second kappa shape index (κ2) is 6.15. The lowest BCUT2D eigenvalue weighted by Crippen LogP contribution is -2.14. The average molecular weight is 355 g/mol. The van der Waals surface area contributed by atoms with Crippen molar-refractivity contribution in [3.8, 4) is 0 Å². The number of aromatic nitrogens is 3. The zero-order valence-electron chi connectivity index (χ0n) is 14.2. The van der Waals surface area contributed by atoms with Crippen molar-refractivity contribution in [1.82, 2.24) is 14.8 Å². The summed E-state index contributed by atoms with van der Waals surface area (Å²) in [6, 6.07) is 9.24. The first kappa shape index (κ1) is 16.1. The van der Waals surface area contributed by atoms with Crippen molar-refractivity contribution in [1.29, 1.82) is 0 Å². The Bertz CT molecular complexity index is 959. The van der Waals surface area contributed by atoms with Crippen molar-refractivity contribution in [2.75, 3.05) is 5.32 Å². The van der Waals surface area contributed by atoms with Crippen LogP contribution in [0.1, 0.15) is 54.7 Å². The molecule has 0 bridgehead atoms. The van der Waals surface area contributed by atoms with E-state index in [2.05, 4.69) is 24.3 Å². The second-order valence-corrected chi connectivity index (χ2v) is 7.19. The normalized spacial score (nSPS) is 14.2. The van der Waals surface area contributed by atoms with Crippen molar-refractivity contribution in [3.63, 3.8) is 0 Å². The molecular weight excluding hydrogens is 336 g/mol. The third-order valence-electron chi connectivity index (χ3n) is 4.40. The Hall–Kier alpha value is -2.40. The number of nitrogens with zero attached hydrogens (tertiary/aromatic N) is 3. The highest BCUT2D eigenvalue weighted by atomic mass is 35.5. The summed E-state index contributed by atoms with van der Waals surface area (Å²) in [5.41, 5.74) is 3.03. The van der Waals surface area contributed by atoms with Crippen molar-refractivity contribution >= 4 is 34.2 Å². The standard InChI is InChI=1S/C19H19ClN4O/c1-11(2)24-18-16(10-21-24)15(9-17(23-18)12-6-7-12)19(25)22-14-5-3-4-13(20)8-14/h3-5,8-12H,6-7H2,1-2H3,(H,22,25). The minimum absolute atomic E-state index is 0.167. The number of rotatable bonds is 4. The predicted molar refractivity (Wildman–Crippen MR) is 99.3 cm³/mol. The van der Waals surface area contributed by atoms with Crippen LogP contribution in [0.25, 0.3) is 11.0 Å². The first-order chi connectivity index (χ1) is 12.0. The molecule has 3 aromatic rings. The molecule has 1 fully saturated rings. The molecule has 4 rings (SSSR count). The van der Waals surface area contributed by atoms with Crippen LogP contribution in [0.2, 0.25) is 5.02 Å². The van der Waals surface area contributed by atoms with Gasteiger partial charge in [-0.3, -0.25) is 4.79 Å². The van der Waals surface area contributed by atoms with Crippen molar-refractivity contribution in [2.45, 2.75) is 38.6 Å². The van der Waals surface area contributed by atoms with Gasteiger partial charge in [0.25, 0.3) is 5.91 Å². The zero-order chi connectivity index (χ0) is 17.6. The van der Waals surface area contributed by atoms with Crippen molar-refractivity contribution in [2.24, 2.45) is 0 Å². The van der Waals surface area contributed by atoms with Gasteiger partial charge in [0.2, 0.25) is 0 Å². The highest BCUT2D eigenvalue weighted by molar-refractivity contribution is 6.31. The number of amides is 1. The molecule has 1 saturated carbocycles. The third kappa shape index (κ3) is 3.12. The van der Waals surface area contributed by atoms with Crippen LogP contribution in [0.15, 0.2) is 36.5 Å². The van der Waals surface area contributed by atoms with Crippen LogP contribution in [0, 0.1) is 0 Å². The smallest absolute Gasteiger partial charge is 0.256 e. The number of benzene rings is 1. The first-order valence-corrected chi connectivity index (χ1v) is 8.86. The Morgan fingerprint density at radius 1 is 1.32 bits per heavy atom. The van der Waals surface area contributed by atoms with Crippen LogP contribution in [-0.2, 0) is 0 Å². The highest BCUT2D eigenvalue weighted by Crippen LogP contribution is 2.40. The molecule has 0 radical (unpaired) electrons. The Balaban J connectivity index is 1.78. The Morgan fingerprint density at radius 2 is 2.12 bits per heavy atom. The molecule has 1 N–H and O–H groups in total. The summed E-state index contributed by atoms with van der Waals surface area (Å²) in [5, 5.41) is 8.72. The quantitative estimate of drug-likeness (QED) is 0.732. The SMILES string of the molecule is CC(C)n1ncc2c(C(=O)Nc3cccc(Cl)c3)cc(C3CC3)nc21. The molecule has 0 saturated heterocycles. The van der Waals surface area contributed by atoms with E-state index >= 15 is 0 Å². The monoisotopic (exact) mass is 354 g/mol. The number of nitrogens with one attached hydrogen (secondary N) is 1. The van der Waals surface area contributed by atoms with Gasteiger partial charge in [-0.15, -0.1) is 0 Å². The molecule has 5 nitrogen and oxygen atoms in total. The van der Waals surface area contributed by atoms with Crippen molar-refractivity contribution in [3.05, 3.63) is 52.8 Å². The van der Waals surface area contributed by atoms with Gasteiger partial charge in [0.15, 0.2) is 5.65 Å². The van der Waals surface area contributed by atoms with E-state index in [0.717, 1.165) is 29.6 Å². The summed E-state index contributed by atoms with van der Waals surface area (Å²) < 4.78 is 1.87. The number of halogens is 1. The molecular formula is C19H19ClN4O. The Kier molecular flexibility index (Phi) is 3.96. The lowest BCUT2D eigenvalue weighted by atomic mass is 10.1. The van der Waals surface area contributed by atoms with Gasteiger partial charge in [-0.2, -0.15) is 5.10 Å². The number of hydrogen-bond donors (Lipinski definition) is 1. The number of carbonyl (C=O) groups excluding carboxylic acids is 1. The topological polar surface area (TPSA) is 59.8 Å². The summed E-state index contributed by atoms with van der Waals surface area (Å²) >= 11 is 6.01. The van der Waals surface area contributed by atoms with Gasteiger partial charge in [-0.1, -0.05) is 17.7 Å². The molecule has 1 amide bonds. The van der Waals surface area contributed by atoms with Gasteiger partial charge < -0.3 is 5.32 Å². The largest absolute Gasteiger partial charge is 0.322 e. The fourth-order valence-corrected chi connectivity index (χ4v) is 3.15. The summed E-state index contributed by atoms with van der Waals surface area (Å²) in [6.45, 7) is 4.12. The second-order valence-electron chi connectivity index (χ2n) is 6.75. The van der Waals surface area contributed by atoms with Crippen LogP contribution in [0.5, 0.6) is 0 Å². The van der Waals surface area contributed by atoms with Gasteiger partial charge in [0.1, 0.15) is 0 Å². The molecule has 0 aliphatic heterocycles. The molecule has 2 aromatic heterocycles. The van der Waals surface area contributed by atoms with Crippen LogP contribution in [0.3, 0.4) is 0 Å². The van der Waals surface area contributed by atoms with E-state index < -0.39 is 0 Å². The minimum Gasteiger partial charge on any atom is -0.322 e. The Labute approximate surface area is 151 Å². The predicted octanol–water partition coefficient (Wildman–Crippen LogP) is 4.80. The molecule has 6 heteroatoms. The summed E-state index contributed by atoms with van der Waals surface area (Å²) in [7, 11) is 0. The fourth-order valence-electron chi connectivity index (χ4n) is 2.96. The van der Waals surface area contributed by atoms with Crippen LogP contribution >= 0.6 is 11.6 Å². The van der Waals surface area contributed by atoms with Gasteiger partial charge in [0, 0.05) is 28.4 Å². The van der Waals surface area contributed by atoms with E-state index in [1.165, 1.54) is 0 Å². The molecule has 0 spiro atoms. The van der Waals surface area contributed by atoms with Crippen LogP contribution < -0.4 is 5.32 Å². The maximum atomic E-state index is 12.9. The molecule has 1 aromatic carbocycles. The number of fused-ring (bicyclic) bond motifs is 1. The van der Waals surface area contributed by atoms with Gasteiger partial charge in [-0.05, 0) is 51.0 Å². The highest BCUT2D eigenvalue weighted by Gasteiger charge is 2.28. The van der Waals surface area contributed by atoms with E-state index in [9.17, 15) is 4.79 Å². The van der Waals surface area contributed by atoms with Gasteiger partial charge >= 0.3 is 0 Å². The summed E-state index contributed by atoms with van der Waals surface area (Å²) in [5.74, 6) is 0.289. The number of hydrogen-bond acceptors (Lipinski definition) is 3. The maximum Gasteiger partial charge on any atom is 0.256 e. The third-order valence-corrected chi connectivity index (χ3v) is 4.63. The molecule has 2 heterocycles. The fraction of sp³-hybridized carbons (Fsp3) is 0.316. The minimum atomic E-state index is -0.167. The first-order valence-electron chi connectivity index (χ1n) is 8.48. The number of anilines is 1. The lowest BCUT2D eigenvalue weighted by Gasteiger charge is -2.11. The summed E-state index contributed by atoms with van der Waals surface area (Å²) in [6.07, 6.45) is 3.99. The molecule has 0 atom stereocenters. The summed E-state index contributed by atoms with van der Waals surface area (Å²) in [4.78, 5) is 17.7. The average Bonchev–Trinajstić information content (AvgIpc) is 3.32. The maximum absolute atomic E-state index is 12.9. The van der Waals surface area contributed by atoms with Gasteiger partial charge in [0.05, 0.1) is 17.1 Å². The molecule has 128 valence electrons. The number of carbonyl (C=O) groups is 1. The number of pyridine rings is 1. The molecule has 25 heavy (non-hydrogen) atoms. The van der Waals surface area contributed by atoms with Crippen LogP contribution in [0.4, 0.5) is 5.69 Å².